The first-order valence-corrected chi connectivity index (χ1v) is 8.75. The number of carbonyl (C=O) groups excluding carboxylic acids is 1. The molecular formula is C16H28IN5OS. The first-order chi connectivity index (χ1) is 10.7. The van der Waals surface area contributed by atoms with E-state index in [1.165, 1.54) is 0 Å². The summed E-state index contributed by atoms with van der Waals surface area (Å²) in [7, 11) is 1.76. The smallest absolute Gasteiger partial charge is 0.242 e. The number of amides is 1. The number of aliphatic imine (C=N–C) groups is 1. The number of carbonyl (C=O) groups is 1. The molecule has 2 heterocycles. The van der Waals surface area contributed by atoms with Crippen LogP contribution >= 0.6 is 35.3 Å². The van der Waals surface area contributed by atoms with Crippen molar-refractivity contribution in [2.45, 2.75) is 52.7 Å². The number of halogens is 1. The maximum absolute atomic E-state index is 12.6. The normalized spacial score (nSPS) is 18.0. The fraction of sp³-hybridized carbons (Fsp3) is 0.688. The highest BCUT2D eigenvalue weighted by Crippen LogP contribution is 2.24. The molecule has 2 rings (SSSR count). The molecule has 1 saturated heterocycles. The van der Waals surface area contributed by atoms with Crippen LogP contribution in [0.1, 0.15) is 37.6 Å². The van der Waals surface area contributed by atoms with Gasteiger partial charge in [0.25, 0.3) is 0 Å². The van der Waals surface area contributed by atoms with E-state index >= 15 is 0 Å². The van der Waals surface area contributed by atoms with Crippen molar-refractivity contribution in [2.75, 3.05) is 20.1 Å². The zero-order valence-electron chi connectivity index (χ0n) is 15.3. The summed E-state index contributed by atoms with van der Waals surface area (Å²) in [5.74, 6) is 0.911. The van der Waals surface area contributed by atoms with Gasteiger partial charge in [0.2, 0.25) is 5.91 Å². The zero-order chi connectivity index (χ0) is 17.2. The van der Waals surface area contributed by atoms with Gasteiger partial charge in [0.05, 0.1) is 23.6 Å². The topological polar surface area (TPSA) is 60.8 Å². The monoisotopic (exact) mass is 465 g/mol. The second kappa shape index (κ2) is 8.46. The van der Waals surface area contributed by atoms with Crippen molar-refractivity contribution < 1.29 is 4.79 Å². The van der Waals surface area contributed by atoms with Gasteiger partial charge in [-0.1, -0.05) is 0 Å². The van der Waals surface area contributed by atoms with Crippen molar-refractivity contribution in [1.82, 2.24) is 20.1 Å². The molecule has 1 aliphatic heterocycles. The molecule has 0 radical (unpaired) electrons. The van der Waals surface area contributed by atoms with Crippen LogP contribution in [0.15, 0.2) is 11.2 Å². The first kappa shape index (κ1) is 21.1. The Kier molecular flexibility index (Phi) is 7.45. The number of hydrogen-bond donors (Lipinski definition) is 1. The maximum atomic E-state index is 12.6. The van der Waals surface area contributed by atoms with Crippen molar-refractivity contribution in [3.05, 3.63) is 16.1 Å². The molecule has 24 heavy (non-hydrogen) atoms. The van der Waals surface area contributed by atoms with Gasteiger partial charge >= 0.3 is 0 Å². The van der Waals surface area contributed by atoms with E-state index in [-0.39, 0.29) is 41.5 Å². The Bertz CT molecular complexity index is 599. The molecule has 1 fully saturated rings. The average Bonchev–Trinajstić information content (AvgIpc) is 2.82. The Morgan fingerprint density at radius 1 is 1.50 bits per heavy atom. The molecule has 0 spiro atoms. The van der Waals surface area contributed by atoms with Crippen LogP contribution in [0.4, 0.5) is 0 Å². The minimum Gasteiger partial charge on any atom is -0.351 e. The number of guanidine groups is 1. The lowest BCUT2D eigenvalue weighted by Crippen LogP contribution is -2.66. The van der Waals surface area contributed by atoms with Crippen LogP contribution in [-0.2, 0) is 11.3 Å². The summed E-state index contributed by atoms with van der Waals surface area (Å²) in [6.45, 7) is 12.1. The van der Waals surface area contributed by atoms with E-state index in [4.69, 9.17) is 0 Å². The van der Waals surface area contributed by atoms with Gasteiger partial charge in [-0.05, 0) is 34.6 Å². The van der Waals surface area contributed by atoms with E-state index in [1.807, 2.05) is 22.9 Å². The second-order valence-electron chi connectivity index (χ2n) is 6.77. The number of rotatable bonds is 3. The average molecular weight is 465 g/mol. The highest BCUT2D eigenvalue weighted by molar-refractivity contribution is 14.0. The van der Waals surface area contributed by atoms with E-state index in [0.29, 0.717) is 13.1 Å². The van der Waals surface area contributed by atoms with Gasteiger partial charge in [-0.3, -0.25) is 9.79 Å². The molecule has 0 aliphatic carbocycles. The van der Waals surface area contributed by atoms with E-state index in [2.05, 4.69) is 43.0 Å². The highest BCUT2D eigenvalue weighted by atomic mass is 127. The van der Waals surface area contributed by atoms with Crippen molar-refractivity contribution in [1.29, 1.82) is 0 Å². The minimum absolute atomic E-state index is 0. The molecule has 1 aliphatic rings. The minimum atomic E-state index is -0.220. The number of piperazine rings is 1. The third-order valence-electron chi connectivity index (χ3n) is 3.94. The summed E-state index contributed by atoms with van der Waals surface area (Å²) in [4.78, 5) is 26.3. The lowest BCUT2D eigenvalue weighted by atomic mass is 9.96. The van der Waals surface area contributed by atoms with Crippen molar-refractivity contribution in [2.24, 2.45) is 4.99 Å². The molecule has 1 aromatic rings. The lowest BCUT2D eigenvalue weighted by Gasteiger charge is -2.49. The molecule has 1 N–H and O–H groups in total. The fourth-order valence-electron chi connectivity index (χ4n) is 3.30. The molecular weight excluding hydrogens is 437 g/mol. The predicted molar refractivity (Wildman–Crippen MR) is 110 cm³/mol. The van der Waals surface area contributed by atoms with E-state index in [9.17, 15) is 4.79 Å². The summed E-state index contributed by atoms with van der Waals surface area (Å²) in [5.41, 5.74) is -0.220. The van der Waals surface area contributed by atoms with Crippen LogP contribution in [0.2, 0.25) is 0 Å². The largest absolute Gasteiger partial charge is 0.351 e. The van der Waals surface area contributed by atoms with Crippen LogP contribution in [0.25, 0.3) is 0 Å². The molecule has 0 aromatic carbocycles. The number of hydrogen-bond acceptors (Lipinski definition) is 4. The van der Waals surface area contributed by atoms with Crippen LogP contribution in [-0.4, -0.2) is 58.4 Å². The molecule has 136 valence electrons. The van der Waals surface area contributed by atoms with Crippen molar-refractivity contribution in [3.8, 4) is 0 Å². The molecule has 6 nitrogen and oxygen atoms in total. The SMILES string of the molecule is CN=C(NCc1cnc(C)s1)N1CC(=O)N(C(C)C)C(C)(C)C1.I. The number of nitrogens with zero attached hydrogens (tertiary/aromatic N) is 4. The maximum Gasteiger partial charge on any atom is 0.242 e. The Labute approximate surface area is 165 Å². The Balaban J connectivity index is 0.00000288. The molecule has 1 amide bonds. The number of nitrogens with one attached hydrogen (secondary N) is 1. The zero-order valence-corrected chi connectivity index (χ0v) is 18.4. The standard InChI is InChI=1S/C16H27N5OS.HI/c1-11(2)21-14(22)9-20(10-16(21,4)5)15(17-6)19-8-13-7-18-12(3)23-13;/h7,11H,8-10H2,1-6H3,(H,17,19);1H. The lowest BCUT2D eigenvalue weighted by molar-refractivity contribution is -0.145. The predicted octanol–water partition coefficient (Wildman–Crippen LogP) is 2.48. The van der Waals surface area contributed by atoms with Gasteiger partial charge in [-0.15, -0.1) is 35.3 Å². The van der Waals surface area contributed by atoms with Gasteiger partial charge in [-0.25, -0.2) is 4.98 Å². The highest BCUT2D eigenvalue weighted by Gasteiger charge is 2.40. The summed E-state index contributed by atoms with van der Waals surface area (Å²) in [5, 5.41) is 4.40. The summed E-state index contributed by atoms with van der Waals surface area (Å²) in [6, 6.07) is 0.204. The summed E-state index contributed by atoms with van der Waals surface area (Å²) >= 11 is 1.67. The number of aromatic nitrogens is 1. The molecule has 0 bridgehead atoms. The third-order valence-corrected chi connectivity index (χ3v) is 4.86. The quantitative estimate of drug-likeness (QED) is 0.424. The third kappa shape index (κ3) is 4.81. The fourth-order valence-corrected chi connectivity index (χ4v) is 4.03. The van der Waals surface area contributed by atoms with Gasteiger partial charge in [-0.2, -0.15) is 0 Å². The Morgan fingerprint density at radius 3 is 2.62 bits per heavy atom. The Morgan fingerprint density at radius 2 is 2.17 bits per heavy atom. The number of aryl methyl sites for hydroxylation is 1. The van der Waals surface area contributed by atoms with Crippen molar-refractivity contribution >= 4 is 47.2 Å². The second-order valence-corrected chi connectivity index (χ2v) is 8.09. The molecule has 0 unspecified atom stereocenters. The van der Waals surface area contributed by atoms with E-state index in [1.54, 1.807) is 18.4 Å². The number of thiazole rings is 1. The van der Waals surface area contributed by atoms with Crippen LogP contribution < -0.4 is 5.32 Å². The van der Waals surface area contributed by atoms with Gasteiger partial charge in [0.15, 0.2) is 5.96 Å². The van der Waals surface area contributed by atoms with Gasteiger partial charge < -0.3 is 15.1 Å². The molecule has 0 saturated carbocycles. The molecule has 8 heteroatoms. The summed E-state index contributed by atoms with van der Waals surface area (Å²) in [6.07, 6.45) is 1.88. The van der Waals surface area contributed by atoms with Crippen molar-refractivity contribution in [3.63, 3.8) is 0 Å². The van der Waals surface area contributed by atoms with E-state index < -0.39 is 0 Å². The van der Waals surface area contributed by atoms with Gasteiger partial charge in [0.1, 0.15) is 0 Å². The molecule has 1 aromatic heterocycles. The van der Waals surface area contributed by atoms with E-state index in [0.717, 1.165) is 22.4 Å². The van der Waals surface area contributed by atoms with Crippen LogP contribution in [0, 0.1) is 6.92 Å². The van der Waals surface area contributed by atoms with Gasteiger partial charge in [0, 0.05) is 30.7 Å². The van der Waals surface area contributed by atoms with Crippen LogP contribution in [0.5, 0.6) is 0 Å². The Hall–Kier alpha value is -0.900. The first-order valence-electron chi connectivity index (χ1n) is 7.93. The molecule has 0 atom stereocenters. The van der Waals surface area contributed by atoms with Crippen LogP contribution in [0.3, 0.4) is 0 Å². The summed E-state index contributed by atoms with van der Waals surface area (Å²) < 4.78 is 0.